The first-order chi connectivity index (χ1) is 10.4. The van der Waals surface area contributed by atoms with Gasteiger partial charge in [0.25, 0.3) is 0 Å². The van der Waals surface area contributed by atoms with E-state index in [1.165, 1.54) is 5.69 Å². The molecule has 4 N–H and O–H groups in total. The Morgan fingerprint density at radius 1 is 1.00 bits per heavy atom. The normalized spacial score (nSPS) is 11.5. The molecule has 22 heavy (non-hydrogen) atoms. The zero-order valence-electron chi connectivity index (χ0n) is 14.1. The largest absolute Gasteiger partial charge is 0.398 e. The van der Waals surface area contributed by atoms with E-state index in [4.69, 9.17) is 11.5 Å². The highest BCUT2D eigenvalue weighted by atomic mass is 15.2. The second kappa shape index (κ2) is 6.41. The molecule has 2 aromatic rings. The highest BCUT2D eigenvalue weighted by Gasteiger charge is 2.20. The van der Waals surface area contributed by atoms with Crippen LogP contribution in [0.1, 0.15) is 33.3 Å². The first-order valence-corrected chi connectivity index (χ1v) is 7.83. The monoisotopic (exact) mass is 297 g/mol. The van der Waals surface area contributed by atoms with E-state index in [-0.39, 0.29) is 5.54 Å². The van der Waals surface area contributed by atoms with Gasteiger partial charge in [-0.15, -0.1) is 0 Å². The molecule has 0 aliphatic carbocycles. The molecular weight excluding hydrogens is 270 g/mol. The summed E-state index contributed by atoms with van der Waals surface area (Å²) in [6, 6.07) is 14.6. The third-order valence-electron chi connectivity index (χ3n) is 3.98. The van der Waals surface area contributed by atoms with E-state index >= 15 is 0 Å². The Morgan fingerprint density at radius 3 is 2.14 bits per heavy atom. The summed E-state index contributed by atoms with van der Waals surface area (Å²) in [5, 5.41) is 0. The van der Waals surface area contributed by atoms with Crippen molar-refractivity contribution in [2.45, 2.75) is 39.8 Å². The first-order valence-electron chi connectivity index (χ1n) is 7.83. The number of hydrogen-bond donors (Lipinski definition) is 2. The van der Waals surface area contributed by atoms with Crippen LogP contribution >= 0.6 is 0 Å². The van der Waals surface area contributed by atoms with Crippen molar-refractivity contribution in [1.29, 1.82) is 0 Å². The molecule has 3 nitrogen and oxygen atoms in total. The number of nitrogens with zero attached hydrogens (tertiary/aromatic N) is 1. The van der Waals surface area contributed by atoms with Gasteiger partial charge in [0, 0.05) is 35.6 Å². The lowest BCUT2D eigenvalue weighted by molar-refractivity contribution is 0.513. The van der Waals surface area contributed by atoms with Crippen LogP contribution in [0.4, 0.5) is 11.4 Å². The van der Waals surface area contributed by atoms with Gasteiger partial charge in [0.2, 0.25) is 0 Å². The molecule has 0 aromatic heterocycles. The SMILES string of the molecule is CCN(c1ccc(N)c(-c2ccc(CN)cc2)c1)C(C)(C)C. The Hall–Kier alpha value is -2.00. The lowest BCUT2D eigenvalue weighted by atomic mass is 9.99. The summed E-state index contributed by atoms with van der Waals surface area (Å²) in [5.74, 6) is 0. The van der Waals surface area contributed by atoms with Gasteiger partial charge in [-0.25, -0.2) is 0 Å². The van der Waals surface area contributed by atoms with Crippen LogP contribution in [0.2, 0.25) is 0 Å². The molecule has 2 aromatic carbocycles. The lowest BCUT2D eigenvalue weighted by Crippen LogP contribution is -2.41. The van der Waals surface area contributed by atoms with Crippen LogP contribution in [0.25, 0.3) is 11.1 Å². The fourth-order valence-corrected chi connectivity index (χ4v) is 2.83. The number of nitrogen functional groups attached to an aromatic ring is 1. The smallest absolute Gasteiger partial charge is 0.0395 e. The maximum absolute atomic E-state index is 6.20. The molecule has 118 valence electrons. The summed E-state index contributed by atoms with van der Waals surface area (Å²) in [6.45, 7) is 10.4. The lowest BCUT2D eigenvalue weighted by Gasteiger charge is -2.37. The minimum absolute atomic E-state index is 0.0749. The second-order valence-electron chi connectivity index (χ2n) is 6.59. The van der Waals surface area contributed by atoms with Gasteiger partial charge in [-0.2, -0.15) is 0 Å². The highest BCUT2D eigenvalue weighted by molar-refractivity contribution is 5.80. The van der Waals surface area contributed by atoms with Crippen LogP contribution in [0.3, 0.4) is 0 Å². The van der Waals surface area contributed by atoms with Gasteiger partial charge in [-0.1, -0.05) is 24.3 Å². The standard InChI is InChI=1S/C19H27N3/c1-5-22(19(2,3)4)16-10-11-18(21)17(12-16)15-8-6-14(13-20)7-9-15/h6-12H,5,13,20-21H2,1-4H3. The van der Waals surface area contributed by atoms with E-state index in [9.17, 15) is 0 Å². The number of rotatable bonds is 4. The van der Waals surface area contributed by atoms with E-state index in [1.54, 1.807) is 0 Å². The quantitative estimate of drug-likeness (QED) is 0.838. The number of hydrogen-bond acceptors (Lipinski definition) is 3. The van der Waals surface area contributed by atoms with Crippen LogP contribution in [0, 0.1) is 0 Å². The van der Waals surface area contributed by atoms with E-state index in [1.807, 2.05) is 6.07 Å². The fraction of sp³-hybridized carbons (Fsp3) is 0.368. The minimum Gasteiger partial charge on any atom is -0.398 e. The van der Waals surface area contributed by atoms with Gasteiger partial charge in [-0.3, -0.25) is 0 Å². The van der Waals surface area contributed by atoms with Crippen molar-refractivity contribution in [1.82, 2.24) is 0 Å². The Kier molecular flexibility index (Phi) is 4.77. The van der Waals surface area contributed by atoms with E-state index in [0.29, 0.717) is 6.54 Å². The molecule has 0 saturated carbocycles. The Labute approximate surface area is 133 Å². The summed E-state index contributed by atoms with van der Waals surface area (Å²) >= 11 is 0. The zero-order valence-corrected chi connectivity index (χ0v) is 14.1. The molecular formula is C19H27N3. The minimum atomic E-state index is 0.0749. The summed E-state index contributed by atoms with van der Waals surface area (Å²) in [5.41, 5.74) is 17.3. The van der Waals surface area contributed by atoms with E-state index in [2.05, 4.69) is 69.0 Å². The van der Waals surface area contributed by atoms with Crippen LogP contribution in [0.15, 0.2) is 42.5 Å². The number of nitrogens with two attached hydrogens (primary N) is 2. The van der Waals surface area contributed by atoms with Gasteiger partial charge in [0.15, 0.2) is 0 Å². The molecule has 0 atom stereocenters. The van der Waals surface area contributed by atoms with Gasteiger partial charge in [0.1, 0.15) is 0 Å². The van der Waals surface area contributed by atoms with Crippen LogP contribution < -0.4 is 16.4 Å². The average Bonchev–Trinajstić information content (AvgIpc) is 2.48. The van der Waals surface area contributed by atoms with E-state index in [0.717, 1.165) is 28.9 Å². The highest BCUT2D eigenvalue weighted by Crippen LogP contribution is 2.33. The van der Waals surface area contributed by atoms with E-state index < -0.39 is 0 Å². The maximum Gasteiger partial charge on any atom is 0.0395 e. The third kappa shape index (κ3) is 3.42. The number of benzene rings is 2. The van der Waals surface area contributed by atoms with Crippen LogP contribution in [-0.2, 0) is 6.54 Å². The molecule has 2 rings (SSSR count). The second-order valence-corrected chi connectivity index (χ2v) is 6.59. The van der Waals surface area contributed by atoms with Crippen molar-refractivity contribution in [3.05, 3.63) is 48.0 Å². The Morgan fingerprint density at radius 2 is 1.64 bits per heavy atom. The Bertz CT molecular complexity index is 624. The van der Waals surface area contributed by atoms with Gasteiger partial charge >= 0.3 is 0 Å². The number of anilines is 2. The molecule has 0 bridgehead atoms. The molecule has 0 unspecified atom stereocenters. The molecule has 0 aliphatic heterocycles. The zero-order chi connectivity index (χ0) is 16.3. The van der Waals surface area contributed by atoms with Crippen molar-refractivity contribution < 1.29 is 0 Å². The van der Waals surface area contributed by atoms with Crippen molar-refractivity contribution in [3.63, 3.8) is 0 Å². The van der Waals surface area contributed by atoms with Crippen molar-refractivity contribution in [3.8, 4) is 11.1 Å². The molecule has 0 heterocycles. The van der Waals surface area contributed by atoms with Gasteiger partial charge in [-0.05, 0) is 57.0 Å². The summed E-state index contributed by atoms with van der Waals surface area (Å²) < 4.78 is 0. The molecule has 0 saturated heterocycles. The summed E-state index contributed by atoms with van der Waals surface area (Å²) in [6.07, 6.45) is 0. The van der Waals surface area contributed by atoms with Gasteiger partial charge in [0.05, 0.1) is 0 Å². The fourth-order valence-electron chi connectivity index (χ4n) is 2.83. The van der Waals surface area contributed by atoms with Crippen molar-refractivity contribution in [2.75, 3.05) is 17.2 Å². The molecule has 0 spiro atoms. The van der Waals surface area contributed by atoms with Gasteiger partial charge < -0.3 is 16.4 Å². The third-order valence-corrected chi connectivity index (χ3v) is 3.98. The van der Waals surface area contributed by atoms with Crippen molar-refractivity contribution >= 4 is 11.4 Å². The average molecular weight is 297 g/mol. The first kappa shape index (κ1) is 16.4. The molecule has 3 heteroatoms. The molecule has 0 aliphatic rings. The van der Waals surface area contributed by atoms with Crippen molar-refractivity contribution in [2.24, 2.45) is 5.73 Å². The summed E-state index contributed by atoms with van der Waals surface area (Å²) in [4.78, 5) is 2.38. The maximum atomic E-state index is 6.20. The van der Waals surface area contributed by atoms with Crippen LogP contribution in [-0.4, -0.2) is 12.1 Å². The topological polar surface area (TPSA) is 55.3 Å². The predicted molar refractivity (Wildman–Crippen MR) is 97.0 cm³/mol. The molecule has 0 radical (unpaired) electrons. The molecule has 0 fully saturated rings. The Balaban J connectivity index is 2.46. The summed E-state index contributed by atoms with van der Waals surface area (Å²) in [7, 11) is 0. The van der Waals surface area contributed by atoms with Crippen LogP contribution in [0.5, 0.6) is 0 Å². The molecule has 0 amide bonds. The predicted octanol–water partition coefficient (Wildman–Crippen LogP) is 4.02.